The van der Waals surface area contributed by atoms with E-state index in [4.69, 9.17) is 0 Å². The maximum Gasteiger partial charge on any atom is 0.0622 e. The van der Waals surface area contributed by atoms with Crippen LogP contribution in [0.15, 0.2) is 194 Å². The van der Waals surface area contributed by atoms with Crippen LogP contribution < -0.4 is 9.80 Å². The number of benzene rings is 9. The van der Waals surface area contributed by atoms with Gasteiger partial charge < -0.3 is 18.6 Å². The summed E-state index contributed by atoms with van der Waals surface area (Å²) in [5, 5.41) is 10.2. The predicted octanol–water partition coefficient (Wildman–Crippen LogP) is 17.5. The highest BCUT2D eigenvalue weighted by Gasteiger charge is 2.29. The molecule has 13 aromatic rings. The van der Waals surface area contributed by atoms with E-state index in [1.807, 2.05) is 0 Å². The van der Waals surface area contributed by atoms with E-state index in [0.717, 1.165) is 34.1 Å². The Balaban J connectivity index is 1.21. The molecule has 0 N–H and O–H groups in total. The number of fused-ring (bicyclic) bond motifs is 12. The summed E-state index contributed by atoms with van der Waals surface area (Å²) in [7, 11) is 0. The summed E-state index contributed by atoms with van der Waals surface area (Å²) < 4.78 is 5.16. The molecule has 318 valence electrons. The van der Waals surface area contributed by atoms with Gasteiger partial charge in [-0.15, -0.1) is 0 Å². The first-order chi connectivity index (χ1) is 32.0. The summed E-state index contributed by atoms with van der Waals surface area (Å²) in [4.78, 5) is 4.84. The van der Waals surface area contributed by atoms with Crippen LogP contribution in [-0.2, 0) is 10.8 Å². The standard InChI is InChI=1S/C62H50N4/c1-61(2,3)51-29-19-31-53-57(51)49-35-43(63(39-21-11-7-12-22-39)40-23-13-8-14-24-40)33-47-45-38-56-46(37-55(45)65(53)59(47)49)48-34-44(64(41-25-15-9-16-26-41)42-27-17-10-18-28-42)36-50-58-52(62(4,5)6)30-20-32-54(58)66(56)60(48)50/h7-38H,1-6H3. The first-order valence-corrected chi connectivity index (χ1v) is 23.3. The van der Waals surface area contributed by atoms with Crippen molar-refractivity contribution in [2.24, 2.45) is 0 Å². The molecule has 0 bridgehead atoms. The Morgan fingerprint density at radius 3 is 0.924 bits per heavy atom. The van der Waals surface area contributed by atoms with E-state index in [1.54, 1.807) is 0 Å². The molecule has 9 aromatic carbocycles. The van der Waals surface area contributed by atoms with Crippen molar-refractivity contribution in [3.63, 3.8) is 0 Å². The lowest BCUT2D eigenvalue weighted by atomic mass is 9.84. The minimum absolute atomic E-state index is 0.0702. The second kappa shape index (κ2) is 13.8. The highest BCUT2D eigenvalue weighted by molar-refractivity contribution is 6.30. The summed E-state index contributed by atoms with van der Waals surface area (Å²) in [5.74, 6) is 0. The van der Waals surface area contributed by atoms with Crippen LogP contribution in [0.1, 0.15) is 52.7 Å². The Morgan fingerprint density at radius 1 is 0.288 bits per heavy atom. The summed E-state index contributed by atoms with van der Waals surface area (Å²) >= 11 is 0. The molecule has 4 aromatic heterocycles. The van der Waals surface area contributed by atoms with Crippen molar-refractivity contribution in [3.8, 4) is 0 Å². The number of nitrogens with zero attached hydrogens (tertiary/aromatic N) is 4. The lowest BCUT2D eigenvalue weighted by Gasteiger charge is -2.26. The third kappa shape index (κ3) is 5.51. The van der Waals surface area contributed by atoms with Gasteiger partial charge in [0.2, 0.25) is 0 Å². The molecule has 66 heavy (non-hydrogen) atoms. The van der Waals surface area contributed by atoms with E-state index in [2.05, 4.69) is 254 Å². The van der Waals surface area contributed by atoms with Gasteiger partial charge in [-0.3, -0.25) is 0 Å². The van der Waals surface area contributed by atoms with E-state index in [9.17, 15) is 0 Å². The average molecular weight is 851 g/mol. The van der Waals surface area contributed by atoms with Crippen LogP contribution in [0.2, 0.25) is 0 Å². The molecule has 0 fully saturated rings. The van der Waals surface area contributed by atoms with Crippen molar-refractivity contribution in [2.75, 3.05) is 9.80 Å². The molecule has 13 rings (SSSR count). The summed E-state index contributed by atoms with van der Waals surface area (Å²) in [6.07, 6.45) is 0. The Kier molecular flexibility index (Phi) is 8.10. The van der Waals surface area contributed by atoms with Gasteiger partial charge in [0.15, 0.2) is 0 Å². The molecule has 0 aliphatic carbocycles. The van der Waals surface area contributed by atoms with Gasteiger partial charge in [-0.2, -0.15) is 0 Å². The normalized spacial score (nSPS) is 12.7. The third-order valence-electron chi connectivity index (χ3n) is 14.1. The lowest BCUT2D eigenvalue weighted by Crippen LogP contribution is -2.11. The van der Waals surface area contributed by atoms with Crippen molar-refractivity contribution in [1.29, 1.82) is 0 Å². The summed E-state index contributed by atoms with van der Waals surface area (Å²) in [6.45, 7) is 14.1. The van der Waals surface area contributed by atoms with Crippen molar-refractivity contribution >= 4 is 110 Å². The molecule has 0 saturated heterocycles. The van der Waals surface area contributed by atoms with E-state index < -0.39 is 0 Å². The SMILES string of the molecule is CC(C)(C)c1cccc2c1c1cc(N(c3ccccc3)c3ccccc3)cc3c4cc5c(cc4n2c31)c1cc(N(c2ccccc2)c2ccccc2)cc2c3c(C(C)(C)C)cccc3n5c12. The summed E-state index contributed by atoms with van der Waals surface area (Å²) in [5.41, 5.74) is 16.9. The maximum absolute atomic E-state index is 2.58. The fraction of sp³-hybridized carbons (Fsp3) is 0.129. The van der Waals surface area contributed by atoms with Gasteiger partial charge in [0, 0.05) is 77.2 Å². The number of hydrogen-bond donors (Lipinski definition) is 0. The molecule has 0 radical (unpaired) electrons. The lowest BCUT2D eigenvalue weighted by molar-refractivity contribution is 0.596. The average Bonchev–Trinajstić information content (AvgIpc) is 4.05. The number of para-hydroxylation sites is 4. The highest BCUT2D eigenvalue weighted by Crippen LogP contribution is 2.51. The topological polar surface area (TPSA) is 15.3 Å². The van der Waals surface area contributed by atoms with Crippen molar-refractivity contribution in [1.82, 2.24) is 8.80 Å². The molecule has 4 heterocycles. The van der Waals surface area contributed by atoms with Crippen LogP contribution in [0.3, 0.4) is 0 Å². The van der Waals surface area contributed by atoms with Crippen molar-refractivity contribution in [3.05, 3.63) is 205 Å². The molecule has 0 aliphatic heterocycles. The molecular formula is C62H50N4. The smallest absolute Gasteiger partial charge is 0.0622 e. The predicted molar refractivity (Wildman–Crippen MR) is 283 cm³/mol. The monoisotopic (exact) mass is 850 g/mol. The second-order valence-electron chi connectivity index (χ2n) is 20.2. The molecule has 0 saturated carbocycles. The number of aromatic nitrogens is 2. The van der Waals surface area contributed by atoms with Gasteiger partial charge in [-0.1, -0.05) is 139 Å². The van der Waals surface area contributed by atoms with Gasteiger partial charge in [-0.05, 0) is 119 Å². The van der Waals surface area contributed by atoms with E-state index in [-0.39, 0.29) is 10.8 Å². The molecule has 0 unspecified atom stereocenters. The van der Waals surface area contributed by atoms with Gasteiger partial charge in [0.25, 0.3) is 0 Å². The molecular weight excluding hydrogens is 801 g/mol. The van der Waals surface area contributed by atoms with Crippen LogP contribution in [-0.4, -0.2) is 8.80 Å². The van der Waals surface area contributed by atoms with E-state index >= 15 is 0 Å². The fourth-order valence-electron chi connectivity index (χ4n) is 11.4. The van der Waals surface area contributed by atoms with Gasteiger partial charge in [-0.25, -0.2) is 0 Å². The Morgan fingerprint density at radius 2 is 0.606 bits per heavy atom. The zero-order chi connectivity index (χ0) is 44.6. The fourth-order valence-corrected chi connectivity index (χ4v) is 11.4. The largest absolute Gasteiger partial charge is 0.310 e. The van der Waals surface area contributed by atoms with Crippen molar-refractivity contribution < 1.29 is 0 Å². The number of hydrogen-bond acceptors (Lipinski definition) is 2. The molecule has 4 heteroatoms. The van der Waals surface area contributed by atoms with Crippen molar-refractivity contribution in [2.45, 2.75) is 52.4 Å². The van der Waals surface area contributed by atoms with Crippen LogP contribution >= 0.6 is 0 Å². The highest BCUT2D eigenvalue weighted by atomic mass is 15.1. The maximum atomic E-state index is 2.58. The quantitative estimate of drug-likeness (QED) is 0.166. The zero-order valence-corrected chi connectivity index (χ0v) is 38.3. The molecule has 0 spiro atoms. The number of rotatable bonds is 6. The molecule has 4 nitrogen and oxygen atoms in total. The molecule has 0 aliphatic rings. The van der Waals surface area contributed by atoms with Crippen LogP contribution in [0.5, 0.6) is 0 Å². The second-order valence-corrected chi connectivity index (χ2v) is 20.2. The van der Waals surface area contributed by atoms with Gasteiger partial charge in [0.05, 0.1) is 33.1 Å². The molecule has 0 atom stereocenters. The van der Waals surface area contributed by atoms with Gasteiger partial charge >= 0.3 is 0 Å². The zero-order valence-electron chi connectivity index (χ0n) is 38.3. The minimum Gasteiger partial charge on any atom is -0.310 e. The minimum atomic E-state index is -0.0702. The van der Waals surface area contributed by atoms with E-state index in [0.29, 0.717) is 0 Å². The molecule has 0 amide bonds. The van der Waals surface area contributed by atoms with Crippen LogP contribution in [0.4, 0.5) is 34.1 Å². The van der Waals surface area contributed by atoms with Crippen LogP contribution in [0, 0.1) is 0 Å². The third-order valence-corrected chi connectivity index (χ3v) is 14.1. The Labute approximate surface area is 384 Å². The van der Waals surface area contributed by atoms with Gasteiger partial charge in [0.1, 0.15) is 0 Å². The Hall–Kier alpha value is -7.82. The first kappa shape index (κ1) is 38.6. The summed E-state index contributed by atoms with van der Waals surface area (Å²) in [6, 6.07) is 72.0. The van der Waals surface area contributed by atoms with Crippen LogP contribution in [0.25, 0.3) is 76.2 Å². The first-order valence-electron chi connectivity index (χ1n) is 23.3. The Bertz CT molecular complexity index is 3640. The number of anilines is 6. The van der Waals surface area contributed by atoms with E-state index in [1.165, 1.54) is 87.3 Å².